The van der Waals surface area contributed by atoms with Crippen molar-refractivity contribution in [2.75, 3.05) is 6.54 Å². The minimum Gasteiger partial charge on any atom is -0.332 e. The number of amidine groups is 1. The summed E-state index contributed by atoms with van der Waals surface area (Å²) in [7, 11) is -3.69. The smallest absolute Gasteiger partial charge is 0.250 e. The number of rotatable bonds is 3. The van der Waals surface area contributed by atoms with Crippen molar-refractivity contribution < 1.29 is 17.2 Å². The third-order valence-electron chi connectivity index (χ3n) is 4.84. The molecule has 0 spiro atoms. The second-order valence-electron chi connectivity index (χ2n) is 6.54. The highest BCUT2D eigenvalue weighted by Crippen LogP contribution is 2.41. The van der Waals surface area contributed by atoms with Crippen molar-refractivity contribution in [3.05, 3.63) is 11.3 Å². The van der Waals surface area contributed by atoms with Gasteiger partial charge in [-0.2, -0.15) is 0 Å². The Morgan fingerprint density at radius 2 is 1.95 bits per heavy atom. The lowest BCUT2D eigenvalue weighted by molar-refractivity contribution is -0.0688. The summed E-state index contributed by atoms with van der Waals surface area (Å²) >= 11 is 0. The minimum atomic E-state index is -3.69. The van der Waals surface area contributed by atoms with Gasteiger partial charge in [-0.15, -0.1) is 0 Å². The molecular weight excluding hydrogens is 312 g/mol. The average Bonchev–Trinajstić information content (AvgIpc) is 2.77. The summed E-state index contributed by atoms with van der Waals surface area (Å²) in [5.41, 5.74) is 2.24. The molecule has 0 aromatic rings. The standard InChI is InChI=1S/C14H21F2N3O2S/c1-8-9(2)17-10(3)19-7-11(4-13(8)19)18-22(20,21)12-5-14(15,16)6-12/h9,11-12,18H,4-7H2,1-3H3. The van der Waals surface area contributed by atoms with Gasteiger partial charge in [0, 0.05) is 37.5 Å². The van der Waals surface area contributed by atoms with Gasteiger partial charge < -0.3 is 4.90 Å². The van der Waals surface area contributed by atoms with Crippen molar-refractivity contribution in [3.8, 4) is 0 Å². The number of nitrogens with one attached hydrogen (secondary N) is 1. The fourth-order valence-corrected chi connectivity index (χ4v) is 5.10. The van der Waals surface area contributed by atoms with E-state index in [9.17, 15) is 17.2 Å². The zero-order chi connectivity index (χ0) is 16.3. The predicted octanol–water partition coefficient (Wildman–Crippen LogP) is 1.87. The Labute approximate surface area is 129 Å². The molecule has 0 aromatic carbocycles. The molecule has 124 valence electrons. The Balaban J connectivity index is 1.70. The van der Waals surface area contributed by atoms with Crippen molar-refractivity contribution in [2.24, 2.45) is 4.99 Å². The van der Waals surface area contributed by atoms with Crippen LogP contribution >= 0.6 is 0 Å². The predicted molar refractivity (Wildman–Crippen MR) is 80.4 cm³/mol. The van der Waals surface area contributed by atoms with Gasteiger partial charge in [0.05, 0.1) is 11.3 Å². The van der Waals surface area contributed by atoms with Crippen molar-refractivity contribution in [1.29, 1.82) is 0 Å². The SMILES string of the molecule is CC1=NC(C)C(C)=C2CC(NS(=O)(=O)C3CC(F)(F)C3)CN12. The van der Waals surface area contributed by atoms with Crippen molar-refractivity contribution >= 4 is 15.9 Å². The number of halogens is 2. The van der Waals surface area contributed by atoms with Crippen LogP contribution in [0.25, 0.3) is 0 Å². The summed E-state index contributed by atoms with van der Waals surface area (Å²) < 4.78 is 52.8. The van der Waals surface area contributed by atoms with Crippen molar-refractivity contribution in [1.82, 2.24) is 9.62 Å². The van der Waals surface area contributed by atoms with Gasteiger partial charge in [0.1, 0.15) is 5.84 Å². The summed E-state index contributed by atoms with van der Waals surface area (Å²) in [6.07, 6.45) is -0.554. The van der Waals surface area contributed by atoms with Crippen LogP contribution in [-0.4, -0.2) is 49.0 Å². The summed E-state index contributed by atoms with van der Waals surface area (Å²) in [6.45, 7) is 6.44. The molecule has 1 aliphatic carbocycles. The number of hydrogen-bond donors (Lipinski definition) is 1. The second kappa shape index (κ2) is 4.99. The number of sulfonamides is 1. The molecule has 1 N–H and O–H groups in total. The number of nitrogens with zero attached hydrogens (tertiary/aromatic N) is 2. The second-order valence-corrected chi connectivity index (χ2v) is 8.54. The lowest BCUT2D eigenvalue weighted by Crippen LogP contribution is -2.51. The van der Waals surface area contributed by atoms with E-state index in [1.807, 2.05) is 25.7 Å². The maximum absolute atomic E-state index is 12.9. The average molecular weight is 333 g/mol. The summed E-state index contributed by atoms with van der Waals surface area (Å²) in [5, 5.41) is -0.969. The lowest BCUT2D eigenvalue weighted by atomic mass is 9.94. The summed E-state index contributed by atoms with van der Waals surface area (Å²) in [4.78, 5) is 6.55. The topological polar surface area (TPSA) is 61.8 Å². The van der Waals surface area contributed by atoms with E-state index < -0.39 is 34.0 Å². The molecule has 8 heteroatoms. The quantitative estimate of drug-likeness (QED) is 0.858. The Morgan fingerprint density at radius 1 is 1.32 bits per heavy atom. The molecule has 0 aromatic heterocycles. The molecular formula is C14H21F2N3O2S. The van der Waals surface area contributed by atoms with Crippen LogP contribution in [0.4, 0.5) is 8.78 Å². The van der Waals surface area contributed by atoms with E-state index in [0.29, 0.717) is 13.0 Å². The van der Waals surface area contributed by atoms with Gasteiger partial charge in [-0.25, -0.2) is 21.9 Å². The third kappa shape index (κ3) is 2.67. The van der Waals surface area contributed by atoms with E-state index >= 15 is 0 Å². The summed E-state index contributed by atoms with van der Waals surface area (Å²) in [5.74, 6) is -1.95. The van der Waals surface area contributed by atoms with Crippen LogP contribution in [0.15, 0.2) is 16.3 Å². The molecule has 2 unspecified atom stereocenters. The van der Waals surface area contributed by atoms with Crippen molar-refractivity contribution in [3.63, 3.8) is 0 Å². The van der Waals surface area contributed by atoms with Gasteiger partial charge in [0.15, 0.2) is 0 Å². The van der Waals surface area contributed by atoms with Gasteiger partial charge in [-0.1, -0.05) is 0 Å². The van der Waals surface area contributed by atoms with E-state index in [-0.39, 0.29) is 12.1 Å². The Kier molecular flexibility index (Phi) is 3.60. The Bertz CT molecular complexity index is 649. The number of alkyl halides is 2. The molecule has 3 aliphatic rings. The third-order valence-corrected chi connectivity index (χ3v) is 6.72. The van der Waals surface area contributed by atoms with Crippen molar-refractivity contribution in [2.45, 2.75) is 63.3 Å². The van der Waals surface area contributed by atoms with E-state index in [1.54, 1.807) is 0 Å². The highest BCUT2D eigenvalue weighted by molar-refractivity contribution is 7.90. The Morgan fingerprint density at radius 3 is 2.55 bits per heavy atom. The van der Waals surface area contributed by atoms with Gasteiger partial charge in [-0.05, 0) is 26.3 Å². The lowest BCUT2D eigenvalue weighted by Gasteiger charge is -2.34. The first-order valence-corrected chi connectivity index (χ1v) is 9.04. The van der Waals surface area contributed by atoms with Crippen LogP contribution in [0.2, 0.25) is 0 Å². The van der Waals surface area contributed by atoms with E-state index in [0.717, 1.165) is 17.1 Å². The molecule has 0 amide bonds. The van der Waals surface area contributed by atoms with Crippen LogP contribution in [0.1, 0.15) is 40.0 Å². The molecule has 0 radical (unpaired) electrons. The molecule has 5 nitrogen and oxygen atoms in total. The molecule has 1 saturated heterocycles. The monoisotopic (exact) mass is 333 g/mol. The maximum Gasteiger partial charge on any atom is 0.250 e. The van der Waals surface area contributed by atoms with E-state index in [2.05, 4.69) is 9.71 Å². The van der Waals surface area contributed by atoms with Gasteiger partial charge in [0.2, 0.25) is 10.0 Å². The number of aliphatic imine (C=N–C) groups is 1. The number of hydrogen-bond acceptors (Lipinski definition) is 4. The molecule has 2 heterocycles. The van der Waals surface area contributed by atoms with Crippen LogP contribution < -0.4 is 4.72 Å². The fourth-order valence-electron chi connectivity index (χ4n) is 3.36. The normalized spacial score (nSPS) is 31.9. The largest absolute Gasteiger partial charge is 0.332 e. The molecule has 2 fully saturated rings. The first kappa shape index (κ1) is 15.9. The molecule has 3 rings (SSSR count). The molecule has 2 aliphatic heterocycles. The van der Waals surface area contributed by atoms with Crippen LogP contribution in [0.3, 0.4) is 0 Å². The first-order chi connectivity index (χ1) is 10.1. The molecule has 0 bridgehead atoms. The zero-order valence-electron chi connectivity index (χ0n) is 12.9. The summed E-state index contributed by atoms with van der Waals surface area (Å²) in [6, 6.07) is -0.174. The van der Waals surface area contributed by atoms with Gasteiger partial charge in [-0.3, -0.25) is 4.99 Å². The molecule has 1 saturated carbocycles. The zero-order valence-corrected chi connectivity index (χ0v) is 13.8. The van der Waals surface area contributed by atoms with E-state index in [1.165, 1.54) is 0 Å². The van der Waals surface area contributed by atoms with Gasteiger partial charge >= 0.3 is 0 Å². The maximum atomic E-state index is 12.9. The van der Waals surface area contributed by atoms with E-state index in [4.69, 9.17) is 0 Å². The van der Waals surface area contributed by atoms with Crippen LogP contribution in [0.5, 0.6) is 0 Å². The van der Waals surface area contributed by atoms with Crippen LogP contribution in [-0.2, 0) is 10.0 Å². The first-order valence-electron chi connectivity index (χ1n) is 7.49. The minimum absolute atomic E-state index is 0.104. The molecule has 22 heavy (non-hydrogen) atoms. The Hall–Kier alpha value is -1.02. The number of fused-ring (bicyclic) bond motifs is 1. The van der Waals surface area contributed by atoms with Gasteiger partial charge in [0.25, 0.3) is 5.92 Å². The highest BCUT2D eigenvalue weighted by atomic mass is 32.2. The fraction of sp³-hybridized carbons (Fsp3) is 0.786. The molecule has 2 atom stereocenters. The van der Waals surface area contributed by atoms with Crippen LogP contribution in [0, 0.1) is 0 Å². The highest BCUT2D eigenvalue weighted by Gasteiger charge is 2.52.